The summed E-state index contributed by atoms with van der Waals surface area (Å²) in [6, 6.07) is 3.20. The van der Waals surface area contributed by atoms with Crippen LogP contribution in [0.25, 0.3) is 0 Å². The van der Waals surface area contributed by atoms with Crippen LogP contribution in [0.2, 0.25) is 0 Å². The van der Waals surface area contributed by atoms with Crippen LogP contribution in [-0.4, -0.2) is 10.8 Å². The summed E-state index contributed by atoms with van der Waals surface area (Å²) in [5.41, 5.74) is 0. The molecule has 0 aliphatic rings. The van der Waals surface area contributed by atoms with Crippen LogP contribution >= 0.6 is 0 Å². The van der Waals surface area contributed by atoms with Crippen molar-refractivity contribution in [1.82, 2.24) is 0 Å². The van der Waals surface area contributed by atoms with Crippen molar-refractivity contribution in [2.24, 2.45) is 0 Å². The van der Waals surface area contributed by atoms with Crippen LogP contribution < -0.4 is 0 Å². The number of hydrogen-bond donors (Lipinski definition) is 0. The van der Waals surface area contributed by atoms with Crippen molar-refractivity contribution >= 4 is 11.2 Å². The van der Waals surface area contributed by atoms with Crippen molar-refractivity contribution in [2.45, 2.75) is 4.90 Å². The Hall–Kier alpha value is -0.610. The molecule has 1 aromatic carbocycles. The van der Waals surface area contributed by atoms with Crippen LogP contribution in [-0.2, 0) is 11.2 Å². The van der Waals surface area contributed by atoms with E-state index in [9.17, 15) is 13.3 Å². The van der Waals surface area contributed by atoms with E-state index in [-0.39, 0.29) is 0 Å². The molecule has 1 atom stereocenters. The zero-order chi connectivity index (χ0) is 8.43. The average Bonchev–Trinajstić information content (AvgIpc) is 1.94. The van der Waals surface area contributed by atoms with Gasteiger partial charge in [-0.25, -0.2) is 8.78 Å². The summed E-state index contributed by atoms with van der Waals surface area (Å²) in [5.74, 6) is -1.88. The number of rotatable bonds is 1. The number of halogens is 2. The molecule has 1 rings (SSSR count). The Morgan fingerprint density at radius 2 is 1.91 bits per heavy atom. The van der Waals surface area contributed by atoms with Crippen LogP contribution in [0.3, 0.4) is 0 Å². The molecule has 0 aromatic heterocycles. The highest BCUT2D eigenvalue weighted by Crippen LogP contribution is 2.12. The summed E-state index contributed by atoms with van der Waals surface area (Å²) in [6.07, 6.45) is 1.41. The predicted octanol–water partition coefficient (Wildman–Crippen LogP) is 1.70. The molecule has 0 radical (unpaired) electrons. The van der Waals surface area contributed by atoms with E-state index >= 15 is 0 Å². The SMILES string of the molecule is C[S+]([O-])c1ccc(F)c(F)c1. The summed E-state index contributed by atoms with van der Waals surface area (Å²) >= 11 is -1.25. The van der Waals surface area contributed by atoms with Crippen LogP contribution in [0.15, 0.2) is 23.1 Å². The highest BCUT2D eigenvalue weighted by molar-refractivity contribution is 7.90. The summed E-state index contributed by atoms with van der Waals surface area (Å²) in [6.45, 7) is 0. The molecule has 0 fully saturated rings. The summed E-state index contributed by atoms with van der Waals surface area (Å²) < 4.78 is 35.4. The number of hydrogen-bond acceptors (Lipinski definition) is 1. The highest BCUT2D eigenvalue weighted by Gasteiger charge is 2.08. The van der Waals surface area contributed by atoms with Gasteiger partial charge in [0.2, 0.25) is 0 Å². The molecular weight excluding hydrogens is 170 g/mol. The van der Waals surface area contributed by atoms with Crippen molar-refractivity contribution < 1.29 is 13.3 Å². The third kappa shape index (κ3) is 1.91. The minimum Gasteiger partial charge on any atom is -0.612 e. The molecular formula is C7H6F2OS. The molecule has 1 unspecified atom stereocenters. The number of benzene rings is 1. The lowest BCUT2D eigenvalue weighted by atomic mass is 10.3. The maximum absolute atomic E-state index is 12.4. The first-order chi connectivity index (χ1) is 5.11. The Morgan fingerprint density at radius 1 is 1.27 bits per heavy atom. The standard InChI is InChI=1S/C7H6F2OS/c1-11(10)5-2-3-6(8)7(9)4-5/h2-4H,1H3. The van der Waals surface area contributed by atoms with E-state index in [4.69, 9.17) is 0 Å². The van der Waals surface area contributed by atoms with E-state index in [0.29, 0.717) is 4.90 Å². The van der Waals surface area contributed by atoms with Gasteiger partial charge in [-0.15, -0.1) is 0 Å². The molecule has 0 N–H and O–H groups in total. The van der Waals surface area contributed by atoms with E-state index in [2.05, 4.69) is 0 Å². The quantitative estimate of drug-likeness (QED) is 0.597. The third-order valence-corrected chi connectivity index (χ3v) is 2.14. The Balaban J connectivity index is 3.05. The average molecular weight is 176 g/mol. The zero-order valence-electron chi connectivity index (χ0n) is 5.80. The molecule has 0 amide bonds. The van der Waals surface area contributed by atoms with Gasteiger partial charge in [-0.05, 0) is 23.3 Å². The van der Waals surface area contributed by atoms with Crippen molar-refractivity contribution in [1.29, 1.82) is 0 Å². The Labute approximate surface area is 66.2 Å². The van der Waals surface area contributed by atoms with Gasteiger partial charge in [-0.3, -0.25) is 0 Å². The Kier molecular flexibility index (Phi) is 2.46. The van der Waals surface area contributed by atoms with Gasteiger partial charge in [0, 0.05) is 6.07 Å². The largest absolute Gasteiger partial charge is 0.612 e. The molecule has 1 nitrogen and oxygen atoms in total. The minimum atomic E-state index is -1.25. The van der Waals surface area contributed by atoms with Crippen LogP contribution in [0.5, 0.6) is 0 Å². The fraction of sp³-hybridized carbons (Fsp3) is 0.143. The van der Waals surface area contributed by atoms with Gasteiger partial charge in [0.05, 0.1) is 0 Å². The van der Waals surface area contributed by atoms with Gasteiger partial charge in [-0.1, -0.05) is 0 Å². The first-order valence-electron chi connectivity index (χ1n) is 2.90. The molecule has 0 spiro atoms. The first kappa shape index (κ1) is 8.49. The summed E-state index contributed by atoms with van der Waals surface area (Å²) in [4.78, 5) is 0.295. The lowest BCUT2D eigenvalue weighted by Crippen LogP contribution is -1.98. The van der Waals surface area contributed by atoms with Crippen LogP contribution in [0.1, 0.15) is 0 Å². The maximum Gasteiger partial charge on any atom is 0.163 e. The van der Waals surface area contributed by atoms with Crippen LogP contribution in [0, 0.1) is 11.6 Å². The molecule has 60 valence electrons. The summed E-state index contributed by atoms with van der Waals surface area (Å²) in [5, 5.41) is 0. The van der Waals surface area contributed by atoms with Gasteiger partial charge in [0.25, 0.3) is 0 Å². The molecule has 0 saturated heterocycles. The molecule has 1 aromatic rings. The Bertz CT molecular complexity index is 263. The van der Waals surface area contributed by atoms with Gasteiger partial charge in [-0.2, -0.15) is 0 Å². The normalized spacial score (nSPS) is 13.1. The van der Waals surface area contributed by atoms with Gasteiger partial charge in [0.1, 0.15) is 6.26 Å². The smallest absolute Gasteiger partial charge is 0.163 e. The predicted molar refractivity (Wildman–Crippen MR) is 38.7 cm³/mol. The molecule has 0 saturated carbocycles. The second kappa shape index (κ2) is 3.19. The molecule has 0 aliphatic carbocycles. The molecule has 11 heavy (non-hydrogen) atoms. The first-order valence-corrected chi connectivity index (χ1v) is 4.45. The van der Waals surface area contributed by atoms with E-state index in [1.165, 1.54) is 12.3 Å². The monoisotopic (exact) mass is 176 g/mol. The minimum absolute atomic E-state index is 0.295. The summed E-state index contributed by atoms with van der Waals surface area (Å²) in [7, 11) is 0. The van der Waals surface area contributed by atoms with E-state index < -0.39 is 22.8 Å². The molecule has 0 aliphatic heterocycles. The maximum atomic E-state index is 12.4. The highest BCUT2D eigenvalue weighted by atomic mass is 32.2. The third-order valence-electron chi connectivity index (χ3n) is 1.22. The van der Waals surface area contributed by atoms with Crippen molar-refractivity contribution in [2.75, 3.05) is 6.26 Å². The second-order valence-electron chi connectivity index (χ2n) is 2.03. The lowest BCUT2D eigenvalue weighted by molar-refractivity contribution is 0.504. The second-order valence-corrected chi connectivity index (χ2v) is 3.41. The zero-order valence-corrected chi connectivity index (χ0v) is 6.62. The lowest BCUT2D eigenvalue weighted by Gasteiger charge is -2.02. The fourth-order valence-corrected chi connectivity index (χ4v) is 1.18. The Morgan fingerprint density at radius 3 is 2.36 bits per heavy atom. The van der Waals surface area contributed by atoms with Crippen molar-refractivity contribution in [3.8, 4) is 0 Å². The molecule has 0 bridgehead atoms. The van der Waals surface area contributed by atoms with E-state index in [1.807, 2.05) is 0 Å². The van der Waals surface area contributed by atoms with E-state index in [0.717, 1.165) is 12.1 Å². The topological polar surface area (TPSA) is 23.1 Å². The van der Waals surface area contributed by atoms with Gasteiger partial charge < -0.3 is 4.55 Å². The van der Waals surface area contributed by atoms with E-state index in [1.54, 1.807) is 0 Å². The van der Waals surface area contributed by atoms with Crippen LogP contribution in [0.4, 0.5) is 8.78 Å². The molecule has 0 heterocycles. The fourth-order valence-electron chi connectivity index (χ4n) is 0.656. The molecule has 4 heteroatoms. The van der Waals surface area contributed by atoms with Gasteiger partial charge in [0.15, 0.2) is 16.5 Å². The van der Waals surface area contributed by atoms with Crippen molar-refractivity contribution in [3.63, 3.8) is 0 Å². The van der Waals surface area contributed by atoms with Crippen molar-refractivity contribution in [3.05, 3.63) is 29.8 Å². The van der Waals surface area contributed by atoms with Gasteiger partial charge >= 0.3 is 0 Å².